The molecule has 1 aliphatic rings. The summed E-state index contributed by atoms with van der Waals surface area (Å²) in [5.74, 6) is -0.998. The first kappa shape index (κ1) is 16.0. The molecule has 1 aromatic carbocycles. The van der Waals surface area contributed by atoms with Gasteiger partial charge >= 0.3 is 0 Å². The van der Waals surface area contributed by atoms with Crippen molar-refractivity contribution in [1.29, 1.82) is 0 Å². The van der Waals surface area contributed by atoms with E-state index in [1.165, 1.54) is 4.31 Å². The normalized spacial score (nSPS) is 16.4. The number of rotatable bonds is 4. The number of fused-ring (bicyclic) bond motifs is 1. The van der Waals surface area contributed by atoms with Gasteiger partial charge in [-0.25, -0.2) is 16.8 Å². The first-order chi connectivity index (χ1) is 9.71. The van der Waals surface area contributed by atoms with Gasteiger partial charge in [0.05, 0.1) is 17.2 Å². The number of sulfonamides is 1. The van der Waals surface area contributed by atoms with Crippen LogP contribution in [-0.2, 0) is 19.9 Å². The van der Waals surface area contributed by atoms with Gasteiger partial charge in [-0.15, -0.1) is 0 Å². The van der Waals surface area contributed by atoms with E-state index in [2.05, 4.69) is 0 Å². The number of hydrogen-bond donors (Lipinski definition) is 0. The standard InChI is InChI=1S/C13H17NO5S2/c1-20(16,17)9-10-21(18,19)14-8-4-7-13(15)11-5-2-3-6-12(11)14/h2-3,5-6H,4,7-10H2,1H3. The summed E-state index contributed by atoms with van der Waals surface area (Å²) >= 11 is 0. The molecule has 0 bridgehead atoms. The molecule has 1 aromatic rings. The Bertz CT molecular complexity index is 753. The zero-order valence-corrected chi connectivity index (χ0v) is 13.3. The number of anilines is 1. The Balaban J connectivity index is 2.39. The monoisotopic (exact) mass is 331 g/mol. The van der Waals surface area contributed by atoms with E-state index in [1.54, 1.807) is 24.3 Å². The summed E-state index contributed by atoms with van der Waals surface area (Å²) in [5.41, 5.74) is 0.714. The molecule has 2 rings (SSSR count). The summed E-state index contributed by atoms with van der Waals surface area (Å²) < 4.78 is 48.4. The number of Topliss-reactive ketones (excluding diaryl/α,β-unsaturated/α-hetero) is 1. The molecule has 1 aliphatic heterocycles. The van der Waals surface area contributed by atoms with Crippen LogP contribution >= 0.6 is 0 Å². The van der Waals surface area contributed by atoms with Gasteiger partial charge in [0.1, 0.15) is 9.84 Å². The van der Waals surface area contributed by atoms with Gasteiger partial charge in [0.25, 0.3) is 0 Å². The lowest BCUT2D eigenvalue weighted by molar-refractivity contribution is 0.0983. The molecule has 0 radical (unpaired) electrons. The van der Waals surface area contributed by atoms with Crippen molar-refractivity contribution < 1.29 is 21.6 Å². The Morgan fingerprint density at radius 2 is 1.76 bits per heavy atom. The molecule has 6 nitrogen and oxygen atoms in total. The Morgan fingerprint density at radius 3 is 2.43 bits per heavy atom. The number of ketones is 1. The van der Waals surface area contributed by atoms with E-state index < -0.39 is 31.4 Å². The van der Waals surface area contributed by atoms with E-state index in [0.29, 0.717) is 17.7 Å². The Morgan fingerprint density at radius 1 is 1.10 bits per heavy atom. The van der Waals surface area contributed by atoms with E-state index in [9.17, 15) is 21.6 Å². The van der Waals surface area contributed by atoms with Crippen LogP contribution in [0.1, 0.15) is 23.2 Å². The maximum atomic E-state index is 12.4. The van der Waals surface area contributed by atoms with Crippen LogP contribution in [0.4, 0.5) is 5.69 Å². The van der Waals surface area contributed by atoms with Gasteiger partial charge in [-0.3, -0.25) is 9.10 Å². The molecule has 0 fully saturated rings. The van der Waals surface area contributed by atoms with E-state index in [0.717, 1.165) is 6.26 Å². The fraction of sp³-hybridized carbons (Fsp3) is 0.462. The van der Waals surface area contributed by atoms with Crippen LogP contribution in [0, 0.1) is 0 Å². The molecule has 0 N–H and O–H groups in total. The summed E-state index contributed by atoms with van der Waals surface area (Å²) in [5, 5.41) is 0. The van der Waals surface area contributed by atoms with Crippen LogP contribution in [0.5, 0.6) is 0 Å². The second-order valence-electron chi connectivity index (χ2n) is 5.06. The van der Waals surface area contributed by atoms with E-state index in [1.807, 2.05) is 0 Å². The molecule has 0 saturated heterocycles. The van der Waals surface area contributed by atoms with E-state index in [-0.39, 0.29) is 18.7 Å². The van der Waals surface area contributed by atoms with Crippen LogP contribution in [0.3, 0.4) is 0 Å². The van der Waals surface area contributed by atoms with Crippen molar-refractivity contribution in [2.24, 2.45) is 0 Å². The lowest BCUT2D eigenvalue weighted by Gasteiger charge is -2.23. The van der Waals surface area contributed by atoms with Gasteiger partial charge in [-0.2, -0.15) is 0 Å². The molecule has 116 valence electrons. The third kappa shape index (κ3) is 3.82. The third-order valence-corrected chi connectivity index (χ3v) is 6.26. The molecule has 0 saturated carbocycles. The van der Waals surface area contributed by atoms with E-state index in [4.69, 9.17) is 0 Å². The Hall–Kier alpha value is -1.41. The fourth-order valence-corrected chi connectivity index (χ4v) is 5.36. The Labute approximate surface area is 124 Å². The predicted octanol–water partition coefficient (Wildman–Crippen LogP) is 0.844. The van der Waals surface area contributed by atoms with Crippen molar-refractivity contribution in [2.45, 2.75) is 12.8 Å². The molecule has 0 aliphatic carbocycles. The smallest absolute Gasteiger partial charge is 0.236 e. The Kier molecular flexibility index (Phi) is 4.38. The highest BCUT2D eigenvalue weighted by Crippen LogP contribution is 2.28. The van der Waals surface area contributed by atoms with Crippen LogP contribution < -0.4 is 4.31 Å². The molecular weight excluding hydrogens is 314 g/mol. The van der Waals surface area contributed by atoms with Crippen molar-refractivity contribution in [1.82, 2.24) is 0 Å². The highest BCUT2D eigenvalue weighted by atomic mass is 32.2. The number of sulfone groups is 1. The summed E-state index contributed by atoms with van der Waals surface area (Å²) in [4.78, 5) is 12.0. The fourth-order valence-electron chi connectivity index (χ4n) is 2.22. The van der Waals surface area contributed by atoms with Gasteiger partial charge in [0, 0.05) is 24.8 Å². The highest BCUT2D eigenvalue weighted by molar-refractivity contribution is 7.95. The minimum atomic E-state index is -3.77. The molecular formula is C13H17NO5S2. The molecule has 8 heteroatoms. The van der Waals surface area contributed by atoms with Gasteiger partial charge in [0.2, 0.25) is 10.0 Å². The van der Waals surface area contributed by atoms with E-state index >= 15 is 0 Å². The second kappa shape index (κ2) is 5.76. The van der Waals surface area contributed by atoms with Gasteiger partial charge in [-0.1, -0.05) is 12.1 Å². The zero-order valence-electron chi connectivity index (χ0n) is 11.6. The zero-order chi connectivity index (χ0) is 15.7. The van der Waals surface area contributed by atoms with Crippen LogP contribution in [-0.4, -0.2) is 46.9 Å². The SMILES string of the molecule is CS(=O)(=O)CCS(=O)(=O)N1CCCC(=O)c2ccccc21. The van der Waals surface area contributed by atoms with Crippen molar-refractivity contribution >= 4 is 31.3 Å². The maximum absolute atomic E-state index is 12.4. The number of benzene rings is 1. The second-order valence-corrected chi connectivity index (χ2v) is 9.33. The number of para-hydroxylation sites is 1. The summed E-state index contributed by atoms with van der Waals surface area (Å²) in [6.07, 6.45) is 1.71. The topological polar surface area (TPSA) is 88.6 Å². The minimum Gasteiger partial charge on any atom is -0.294 e. The molecule has 0 atom stereocenters. The van der Waals surface area contributed by atoms with Crippen molar-refractivity contribution in [3.63, 3.8) is 0 Å². The molecule has 21 heavy (non-hydrogen) atoms. The molecule has 0 spiro atoms. The molecule has 0 aromatic heterocycles. The lowest BCUT2D eigenvalue weighted by atomic mass is 10.1. The largest absolute Gasteiger partial charge is 0.294 e. The van der Waals surface area contributed by atoms with Crippen LogP contribution in [0.25, 0.3) is 0 Å². The van der Waals surface area contributed by atoms with Gasteiger partial charge in [-0.05, 0) is 18.6 Å². The average molecular weight is 331 g/mol. The maximum Gasteiger partial charge on any atom is 0.236 e. The number of nitrogens with zero attached hydrogens (tertiary/aromatic N) is 1. The van der Waals surface area contributed by atoms with Gasteiger partial charge < -0.3 is 0 Å². The first-order valence-electron chi connectivity index (χ1n) is 6.51. The summed E-state index contributed by atoms with van der Waals surface area (Å²) in [6, 6.07) is 6.53. The van der Waals surface area contributed by atoms with Crippen molar-refractivity contribution in [2.75, 3.05) is 28.6 Å². The highest BCUT2D eigenvalue weighted by Gasteiger charge is 2.29. The minimum absolute atomic E-state index is 0.0913. The van der Waals surface area contributed by atoms with Crippen LogP contribution in [0.2, 0.25) is 0 Å². The first-order valence-corrected chi connectivity index (χ1v) is 10.2. The molecule has 1 heterocycles. The van der Waals surface area contributed by atoms with Crippen LogP contribution in [0.15, 0.2) is 24.3 Å². The third-order valence-electron chi connectivity index (χ3n) is 3.29. The van der Waals surface area contributed by atoms with Crippen molar-refractivity contribution in [3.8, 4) is 0 Å². The van der Waals surface area contributed by atoms with Crippen molar-refractivity contribution in [3.05, 3.63) is 29.8 Å². The summed E-state index contributed by atoms with van der Waals surface area (Å²) in [7, 11) is -7.14. The quantitative estimate of drug-likeness (QED) is 0.816. The molecule has 0 unspecified atom stereocenters. The van der Waals surface area contributed by atoms with Gasteiger partial charge in [0.15, 0.2) is 5.78 Å². The number of carbonyl (C=O) groups excluding carboxylic acids is 1. The number of carbonyl (C=O) groups is 1. The predicted molar refractivity (Wildman–Crippen MR) is 80.9 cm³/mol. The lowest BCUT2D eigenvalue weighted by Crippen LogP contribution is -2.35. The summed E-state index contributed by atoms with van der Waals surface area (Å²) in [6.45, 7) is 0.189. The molecule has 0 amide bonds. The number of hydrogen-bond acceptors (Lipinski definition) is 5. The average Bonchev–Trinajstić information content (AvgIpc) is 2.56.